The molecule has 0 spiro atoms. The summed E-state index contributed by atoms with van der Waals surface area (Å²) in [6.45, 7) is 4.02. The number of nitrogens with one attached hydrogen (secondary N) is 2. The molecule has 3 amide bonds. The van der Waals surface area contributed by atoms with Crippen molar-refractivity contribution in [1.82, 2.24) is 10.6 Å². The zero-order valence-corrected chi connectivity index (χ0v) is 13.3. The SMILES string of the molecule is CC(C)CC(CNC(=O)NC1CCC(C(N)=O)CC1)C(=O)O. The van der Waals surface area contributed by atoms with Crippen LogP contribution in [0, 0.1) is 17.8 Å². The fourth-order valence-corrected chi connectivity index (χ4v) is 2.82. The second-order valence-corrected chi connectivity index (χ2v) is 6.47. The highest BCUT2D eigenvalue weighted by molar-refractivity contribution is 5.77. The normalized spacial score (nSPS) is 22.9. The van der Waals surface area contributed by atoms with Gasteiger partial charge >= 0.3 is 12.0 Å². The number of primary amides is 1. The number of carbonyl (C=O) groups is 3. The average molecular weight is 313 g/mol. The van der Waals surface area contributed by atoms with Crippen LogP contribution in [0.5, 0.6) is 0 Å². The van der Waals surface area contributed by atoms with Crippen molar-refractivity contribution in [3.05, 3.63) is 0 Å². The Hall–Kier alpha value is -1.79. The van der Waals surface area contributed by atoms with Gasteiger partial charge < -0.3 is 21.5 Å². The molecule has 0 radical (unpaired) electrons. The highest BCUT2D eigenvalue weighted by Gasteiger charge is 2.26. The van der Waals surface area contributed by atoms with E-state index in [9.17, 15) is 14.4 Å². The minimum atomic E-state index is -0.893. The third kappa shape index (κ3) is 6.32. The Morgan fingerprint density at radius 3 is 2.23 bits per heavy atom. The van der Waals surface area contributed by atoms with Crippen LogP contribution in [0.1, 0.15) is 46.0 Å². The molecule has 5 N–H and O–H groups in total. The number of amides is 3. The quantitative estimate of drug-likeness (QED) is 0.561. The first kappa shape index (κ1) is 18.3. The number of nitrogens with two attached hydrogens (primary N) is 1. The molecular weight excluding hydrogens is 286 g/mol. The molecule has 1 atom stereocenters. The molecule has 0 aromatic rings. The third-order valence-electron chi connectivity index (χ3n) is 4.08. The van der Waals surface area contributed by atoms with Crippen molar-refractivity contribution >= 4 is 17.9 Å². The molecule has 126 valence electrons. The van der Waals surface area contributed by atoms with E-state index in [1.165, 1.54) is 0 Å². The second kappa shape index (κ2) is 8.60. The van der Waals surface area contributed by atoms with E-state index in [2.05, 4.69) is 10.6 Å². The van der Waals surface area contributed by atoms with Crippen molar-refractivity contribution < 1.29 is 19.5 Å². The van der Waals surface area contributed by atoms with Gasteiger partial charge in [-0.3, -0.25) is 9.59 Å². The van der Waals surface area contributed by atoms with Gasteiger partial charge in [-0.1, -0.05) is 13.8 Å². The summed E-state index contributed by atoms with van der Waals surface area (Å²) >= 11 is 0. The van der Waals surface area contributed by atoms with Gasteiger partial charge in [-0.05, 0) is 38.0 Å². The van der Waals surface area contributed by atoms with Gasteiger partial charge in [-0.15, -0.1) is 0 Å². The van der Waals surface area contributed by atoms with E-state index in [1.807, 2.05) is 13.8 Å². The van der Waals surface area contributed by atoms with Gasteiger partial charge in [0, 0.05) is 18.5 Å². The predicted molar refractivity (Wildman–Crippen MR) is 82.1 cm³/mol. The lowest BCUT2D eigenvalue weighted by molar-refractivity contribution is -0.142. The van der Waals surface area contributed by atoms with E-state index < -0.39 is 11.9 Å². The third-order valence-corrected chi connectivity index (χ3v) is 4.08. The van der Waals surface area contributed by atoms with Crippen molar-refractivity contribution in [3.63, 3.8) is 0 Å². The van der Waals surface area contributed by atoms with Crippen LogP contribution in [-0.2, 0) is 9.59 Å². The van der Waals surface area contributed by atoms with Gasteiger partial charge in [0.25, 0.3) is 0 Å². The van der Waals surface area contributed by atoms with Gasteiger partial charge in [0.15, 0.2) is 0 Å². The number of urea groups is 1. The number of carbonyl (C=O) groups excluding carboxylic acids is 2. The smallest absolute Gasteiger partial charge is 0.315 e. The molecule has 1 unspecified atom stereocenters. The molecule has 1 rings (SSSR count). The summed E-state index contributed by atoms with van der Waals surface area (Å²) in [5.74, 6) is -1.58. The van der Waals surface area contributed by atoms with Crippen molar-refractivity contribution in [2.24, 2.45) is 23.5 Å². The molecule has 22 heavy (non-hydrogen) atoms. The fourth-order valence-electron chi connectivity index (χ4n) is 2.82. The predicted octanol–water partition coefficient (Wildman–Crippen LogP) is 1.08. The maximum absolute atomic E-state index is 11.8. The van der Waals surface area contributed by atoms with E-state index in [4.69, 9.17) is 10.8 Å². The highest BCUT2D eigenvalue weighted by atomic mass is 16.4. The zero-order valence-electron chi connectivity index (χ0n) is 13.3. The monoisotopic (exact) mass is 313 g/mol. The zero-order chi connectivity index (χ0) is 16.7. The lowest BCUT2D eigenvalue weighted by Gasteiger charge is -2.27. The van der Waals surface area contributed by atoms with E-state index in [0.717, 1.165) is 12.8 Å². The minimum Gasteiger partial charge on any atom is -0.481 e. The molecule has 0 aromatic carbocycles. The summed E-state index contributed by atoms with van der Waals surface area (Å²) in [4.78, 5) is 34.0. The minimum absolute atomic E-state index is 0.0176. The highest BCUT2D eigenvalue weighted by Crippen LogP contribution is 2.23. The summed E-state index contributed by atoms with van der Waals surface area (Å²) in [7, 11) is 0. The van der Waals surface area contributed by atoms with Crippen molar-refractivity contribution in [2.75, 3.05) is 6.54 Å². The van der Waals surface area contributed by atoms with E-state index in [-0.39, 0.29) is 36.4 Å². The lowest BCUT2D eigenvalue weighted by Crippen LogP contribution is -2.46. The Morgan fingerprint density at radius 2 is 1.77 bits per heavy atom. The number of hydrogen-bond acceptors (Lipinski definition) is 3. The van der Waals surface area contributed by atoms with Crippen LogP contribution in [-0.4, -0.2) is 35.6 Å². The molecule has 7 heteroatoms. The number of carboxylic acid groups (broad SMARTS) is 1. The number of aliphatic carboxylic acids is 1. The van der Waals surface area contributed by atoms with Gasteiger partial charge in [-0.2, -0.15) is 0 Å². The van der Waals surface area contributed by atoms with Crippen LogP contribution in [0.3, 0.4) is 0 Å². The van der Waals surface area contributed by atoms with E-state index in [1.54, 1.807) is 0 Å². The Labute approximate surface area is 131 Å². The maximum atomic E-state index is 11.8. The molecule has 7 nitrogen and oxygen atoms in total. The Morgan fingerprint density at radius 1 is 1.18 bits per heavy atom. The molecule has 0 bridgehead atoms. The lowest BCUT2D eigenvalue weighted by atomic mass is 9.86. The molecule has 0 aliphatic heterocycles. The number of hydrogen-bond donors (Lipinski definition) is 4. The summed E-state index contributed by atoms with van der Waals surface area (Å²) in [6, 6.07) is -0.332. The van der Waals surface area contributed by atoms with Crippen molar-refractivity contribution in [2.45, 2.75) is 52.0 Å². The Kier molecular flexibility index (Phi) is 7.14. The Balaban J connectivity index is 2.31. The molecular formula is C15H27N3O4. The molecule has 0 heterocycles. The van der Waals surface area contributed by atoms with Gasteiger partial charge in [0.05, 0.1) is 5.92 Å². The first-order valence-electron chi connectivity index (χ1n) is 7.86. The van der Waals surface area contributed by atoms with Crippen LogP contribution in [0.25, 0.3) is 0 Å². The summed E-state index contributed by atoms with van der Waals surface area (Å²) < 4.78 is 0. The molecule has 0 aromatic heterocycles. The topological polar surface area (TPSA) is 122 Å². The molecule has 1 fully saturated rings. The number of rotatable bonds is 7. The molecule has 1 aliphatic rings. The molecule has 1 aliphatic carbocycles. The van der Waals surface area contributed by atoms with Gasteiger partial charge in [0.1, 0.15) is 0 Å². The summed E-state index contributed by atoms with van der Waals surface area (Å²) in [5, 5.41) is 14.6. The van der Waals surface area contributed by atoms with Gasteiger partial charge in [0.2, 0.25) is 5.91 Å². The standard InChI is InChI=1S/C15H27N3O4/c1-9(2)7-11(14(20)21)8-17-15(22)18-12-5-3-10(4-6-12)13(16)19/h9-12H,3-8H2,1-2H3,(H2,16,19)(H,20,21)(H2,17,18,22). The van der Waals surface area contributed by atoms with Crippen molar-refractivity contribution in [1.29, 1.82) is 0 Å². The van der Waals surface area contributed by atoms with Crippen LogP contribution >= 0.6 is 0 Å². The van der Waals surface area contributed by atoms with E-state index >= 15 is 0 Å². The second-order valence-electron chi connectivity index (χ2n) is 6.47. The van der Waals surface area contributed by atoms with Crippen LogP contribution in [0.4, 0.5) is 4.79 Å². The average Bonchev–Trinajstić information content (AvgIpc) is 2.43. The van der Waals surface area contributed by atoms with Crippen LogP contribution in [0.15, 0.2) is 0 Å². The fraction of sp³-hybridized carbons (Fsp3) is 0.800. The molecule has 1 saturated carbocycles. The summed E-state index contributed by atoms with van der Waals surface area (Å²) in [6.07, 6.45) is 3.33. The van der Waals surface area contributed by atoms with Crippen LogP contribution < -0.4 is 16.4 Å². The van der Waals surface area contributed by atoms with Crippen LogP contribution in [0.2, 0.25) is 0 Å². The first-order chi connectivity index (χ1) is 10.3. The summed E-state index contributed by atoms with van der Waals surface area (Å²) in [5.41, 5.74) is 5.27. The molecule has 0 saturated heterocycles. The van der Waals surface area contributed by atoms with Gasteiger partial charge in [-0.25, -0.2) is 4.79 Å². The largest absolute Gasteiger partial charge is 0.481 e. The first-order valence-corrected chi connectivity index (χ1v) is 7.86. The Bertz CT molecular complexity index is 404. The number of carboxylic acids is 1. The van der Waals surface area contributed by atoms with E-state index in [0.29, 0.717) is 19.3 Å². The maximum Gasteiger partial charge on any atom is 0.315 e. The van der Waals surface area contributed by atoms with Crippen molar-refractivity contribution in [3.8, 4) is 0 Å².